The third-order valence-corrected chi connectivity index (χ3v) is 2.91. The van der Waals surface area contributed by atoms with Gasteiger partial charge in [-0.3, -0.25) is 4.79 Å². The van der Waals surface area contributed by atoms with Gasteiger partial charge in [-0.15, -0.1) is 0 Å². The van der Waals surface area contributed by atoms with E-state index < -0.39 is 0 Å². The first kappa shape index (κ1) is 13.1. The lowest BCUT2D eigenvalue weighted by molar-refractivity contribution is -0.114. The Morgan fingerprint density at radius 2 is 1.68 bits per heavy atom. The van der Waals surface area contributed by atoms with Gasteiger partial charge in [-0.2, -0.15) is 0 Å². The van der Waals surface area contributed by atoms with Crippen LogP contribution in [0.3, 0.4) is 0 Å². The SMILES string of the molecule is Cc1ccc(NC(=O)CN(C)c2ccccc2)cc1. The molecule has 0 aromatic heterocycles. The van der Waals surface area contributed by atoms with Gasteiger partial charge in [0.1, 0.15) is 0 Å². The lowest BCUT2D eigenvalue weighted by Gasteiger charge is -2.18. The maximum Gasteiger partial charge on any atom is 0.243 e. The third-order valence-electron chi connectivity index (χ3n) is 2.91. The number of benzene rings is 2. The summed E-state index contributed by atoms with van der Waals surface area (Å²) in [6, 6.07) is 17.6. The summed E-state index contributed by atoms with van der Waals surface area (Å²) in [6.45, 7) is 2.35. The van der Waals surface area contributed by atoms with Crippen LogP contribution in [0, 0.1) is 6.92 Å². The molecule has 0 saturated heterocycles. The summed E-state index contributed by atoms with van der Waals surface area (Å²) in [5.41, 5.74) is 3.04. The fourth-order valence-electron chi connectivity index (χ4n) is 1.83. The van der Waals surface area contributed by atoms with E-state index in [1.807, 2.05) is 73.5 Å². The average molecular weight is 254 g/mol. The Morgan fingerprint density at radius 1 is 1.05 bits per heavy atom. The highest BCUT2D eigenvalue weighted by atomic mass is 16.2. The molecule has 2 aromatic rings. The average Bonchev–Trinajstić information content (AvgIpc) is 2.42. The number of hydrogen-bond donors (Lipinski definition) is 1. The molecule has 0 unspecified atom stereocenters. The van der Waals surface area contributed by atoms with Gasteiger partial charge in [0.15, 0.2) is 0 Å². The van der Waals surface area contributed by atoms with Crippen molar-refractivity contribution >= 4 is 17.3 Å². The van der Waals surface area contributed by atoms with E-state index in [0.717, 1.165) is 11.4 Å². The van der Waals surface area contributed by atoms with E-state index in [4.69, 9.17) is 0 Å². The normalized spacial score (nSPS) is 10.0. The predicted molar refractivity (Wildman–Crippen MR) is 79.5 cm³/mol. The molecule has 0 heterocycles. The topological polar surface area (TPSA) is 32.3 Å². The van der Waals surface area contributed by atoms with Crippen LogP contribution in [0.2, 0.25) is 0 Å². The molecule has 0 radical (unpaired) electrons. The van der Waals surface area contributed by atoms with Crippen molar-refractivity contribution in [3.63, 3.8) is 0 Å². The number of nitrogens with one attached hydrogen (secondary N) is 1. The zero-order valence-corrected chi connectivity index (χ0v) is 11.3. The van der Waals surface area contributed by atoms with Crippen LogP contribution in [0.1, 0.15) is 5.56 Å². The molecule has 0 aliphatic rings. The highest BCUT2D eigenvalue weighted by Crippen LogP contribution is 2.12. The number of likely N-dealkylation sites (N-methyl/N-ethyl adjacent to an activating group) is 1. The first-order valence-corrected chi connectivity index (χ1v) is 6.28. The number of carbonyl (C=O) groups is 1. The summed E-state index contributed by atoms with van der Waals surface area (Å²) in [5.74, 6) is -0.0183. The smallest absolute Gasteiger partial charge is 0.243 e. The Morgan fingerprint density at radius 3 is 2.32 bits per heavy atom. The number of para-hydroxylation sites is 1. The number of amides is 1. The molecule has 0 aliphatic carbocycles. The van der Waals surface area contributed by atoms with Crippen molar-refractivity contribution in [2.24, 2.45) is 0 Å². The van der Waals surface area contributed by atoms with Gasteiger partial charge in [0.25, 0.3) is 0 Å². The van der Waals surface area contributed by atoms with E-state index in [0.29, 0.717) is 6.54 Å². The molecule has 0 saturated carbocycles. The summed E-state index contributed by atoms with van der Waals surface area (Å²) in [4.78, 5) is 13.8. The van der Waals surface area contributed by atoms with Crippen molar-refractivity contribution in [1.29, 1.82) is 0 Å². The van der Waals surface area contributed by atoms with Crippen LogP contribution in [-0.4, -0.2) is 19.5 Å². The van der Waals surface area contributed by atoms with E-state index in [1.54, 1.807) is 0 Å². The molecular weight excluding hydrogens is 236 g/mol. The first-order chi connectivity index (χ1) is 9.15. The van der Waals surface area contributed by atoms with Gasteiger partial charge in [0.05, 0.1) is 6.54 Å². The van der Waals surface area contributed by atoms with Crippen LogP contribution in [0.25, 0.3) is 0 Å². The van der Waals surface area contributed by atoms with Crippen LogP contribution in [0.15, 0.2) is 54.6 Å². The first-order valence-electron chi connectivity index (χ1n) is 6.28. The maximum atomic E-state index is 11.9. The second-order valence-electron chi connectivity index (χ2n) is 4.61. The van der Waals surface area contributed by atoms with Gasteiger partial charge in [-0.05, 0) is 31.2 Å². The Labute approximate surface area is 113 Å². The summed E-state index contributed by atoms with van der Waals surface area (Å²) in [6.07, 6.45) is 0. The lowest BCUT2D eigenvalue weighted by atomic mass is 10.2. The molecule has 2 aromatic carbocycles. The van der Waals surface area contributed by atoms with E-state index in [2.05, 4.69) is 5.32 Å². The van der Waals surface area contributed by atoms with Gasteiger partial charge in [-0.1, -0.05) is 35.9 Å². The van der Waals surface area contributed by atoms with E-state index >= 15 is 0 Å². The van der Waals surface area contributed by atoms with Gasteiger partial charge in [-0.25, -0.2) is 0 Å². The van der Waals surface area contributed by atoms with Crippen molar-refractivity contribution in [1.82, 2.24) is 0 Å². The quantitative estimate of drug-likeness (QED) is 0.909. The number of anilines is 2. The largest absolute Gasteiger partial charge is 0.365 e. The minimum atomic E-state index is -0.0183. The third kappa shape index (κ3) is 3.85. The summed E-state index contributed by atoms with van der Waals surface area (Å²) >= 11 is 0. The molecule has 3 nitrogen and oxygen atoms in total. The molecule has 0 spiro atoms. The summed E-state index contributed by atoms with van der Waals surface area (Å²) in [7, 11) is 1.91. The molecule has 0 bridgehead atoms. The molecule has 0 atom stereocenters. The monoisotopic (exact) mass is 254 g/mol. The van der Waals surface area contributed by atoms with Crippen LogP contribution < -0.4 is 10.2 Å². The van der Waals surface area contributed by atoms with E-state index in [-0.39, 0.29) is 5.91 Å². The van der Waals surface area contributed by atoms with Crippen LogP contribution in [0.4, 0.5) is 11.4 Å². The van der Waals surface area contributed by atoms with Crippen LogP contribution >= 0.6 is 0 Å². The standard InChI is InChI=1S/C16H18N2O/c1-13-8-10-14(11-9-13)17-16(19)12-18(2)15-6-4-3-5-7-15/h3-11H,12H2,1-2H3,(H,17,19). The van der Waals surface area contributed by atoms with Gasteiger partial charge in [0.2, 0.25) is 5.91 Å². The maximum absolute atomic E-state index is 11.9. The van der Waals surface area contributed by atoms with Crippen molar-refractivity contribution in [3.8, 4) is 0 Å². The van der Waals surface area contributed by atoms with Crippen LogP contribution in [-0.2, 0) is 4.79 Å². The molecular formula is C16H18N2O. The van der Waals surface area contributed by atoms with E-state index in [9.17, 15) is 4.79 Å². The highest BCUT2D eigenvalue weighted by Gasteiger charge is 2.07. The molecule has 2 rings (SSSR count). The van der Waals surface area contributed by atoms with Gasteiger partial charge >= 0.3 is 0 Å². The molecule has 98 valence electrons. The van der Waals surface area contributed by atoms with Crippen LogP contribution in [0.5, 0.6) is 0 Å². The molecule has 0 fully saturated rings. The minimum Gasteiger partial charge on any atom is -0.365 e. The summed E-state index contributed by atoms with van der Waals surface area (Å²) in [5, 5.41) is 2.89. The Hall–Kier alpha value is -2.29. The fourth-order valence-corrected chi connectivity index (χ4v) is 1.83. The zero-order chi connectivity index (χ0) is 13.7. The Balaban J connectivity index is 1.93. The molecule has 0 aliphatic heterocycles. The predicted octanol–water partition coefficient (Wildman–Crippen LogP) is 3.07. The molecule has 3 heteroatoms. The van der Waals surface area contributed by atoms with Gasteiger partial charge in [0, 0.05) is 18.4 Å². The van der Waals surface area contributed by atoms with Gasteiger partial charge < -0.3 is 10.2 Å². The second-order valence-corrected chi connectivity index (χ2v) is 4.61. The highest BCUT2D eigenvalue weighted by molar-refractivity contribution is 5.94. The lowest BCUT2D eigenvalue weighted by Crippen LogP contribution is -2.29. The van der Waals surface area contributed by atoms with E-state index in [1.165, 1.54) is 5.56 Å². The molecule has 1 amide bonds. The fraction of sp³-hybridized carbons (Fsp3) is 0.188. The number of hydrogen-bond acceptors (Lipinski definition) is 2. The second kappa shape index (κ2) is 6.05. The number of carbonyl (C=O) groups excluding carboxylic acids is 1. The summed E-state index contributed by atoms with van der Waals surface area (Å²) < 4.78 is 0. The van der Waals surface area contributed by atoms with Crippen molar-refractivity contribution < 1.29 is 4.79 Å². The number of rotatable bonds is 4. The number of aryl methyl sites for hydroxylation is 1. The number of nitrogens with zero attached hydrogens (tertiary/aromatic N) is 1. The zero-order valence-electron chi connectivity index (χ0n) is 11.3. The Bertz CT molecular complexity index is 534. The molecule has 19 heavy (non-hydrogen) atoms. The molecule has 1 N–H and O–H groups in total. The van der Waals surface area contributed by atoms with Crippen molar-refractivity contribution in [3.05, 3.63) is 60.2 Å². The minimum absolute atomic E-state index is 0.0183. The van der Waals surface area contributed by atoms with Crippen molar-refractivity contribution in [2.75, 3.05) is 23.8 Å². The Kier molecular flexibility index (Phi) is 4.18. The van der Waals surface area contributed by atoms with Crippen molar-refractivity contribution in [2.45, 2.75) is 6.92 Å².